The molecule has 2 nitrogen and oxygen atoms in total. The van der Waals surface area contributed by atoms with Gasteiger partial charge < -0.3 is 0 Å². The van der Waals surface area contributed by atoms with Crippen molar-refractivity contribution in [3.8, 4) is 0 Å². The highest BCUT2D eigenvalue weighted by Gasteiger charge is 2.27. The summed E-state index contributed by atoms with van der Waals surface area (Å²) in [6.45, 7) is 0. The lowest BCUT2D eigenvalue weighted by Gasteiger charge is -2.10. The Morgan fingerprint density at radius 1 is 1.44 bits per heavy atom. The number of thioether (sulfide) groups is 1. The molecule has 1 radical (unpaired) electrons. The van der Waals surface area contributed by atoms with Crippen molar-refractivity contribution in [3.63, 3.8) is 0 Å². The summed E-state index contributed by atoms with van der Waals surface area (Å²) in [5.41, 5.74) is 0. The van der Waals surface area contributed by atoms with E-state index in [0.29, 0.717) is 12.1 Å². The molecule has 0 bridgehead atoms. The summed E-state index contributed by atoms with van der Waals surface area (Å²) in [6.07, 6.45) is 4.46. The van der Waals surface area contributed by atoms with E-state index in [9.17, 15) is 0 Å². The average Bonchev–Trinajstić information content (AvgIpc) is 2.33. The molecular formula is C6H7N2S. The quantitative estimate of drug-likeness (QED) is 0.479. The zero-order valence-corrected chi connectivity index (χ0v) is 5.77. The SMILES string of the molecule is [C]1=NC2CSCC2N=C1. The summed E-state index contributed by atoms with van der Waals surface area (Å²) in [4.78, 5) is 8.41. The van der Waals surface area contributed by atoms with Gasteiger partial charge in [-0.2, -0.15) is 11.8 Å². The van der Waals surface area contributed by atoms with Crippen LogP contribution in [0, 0.1) is 0 Å². The van der Waals surface area contributed by atoms with E-state index in [1.165, 1.54) is 0 Å². The van der Waals surface area contributed by atoms with Gasteiger partial charge in [0.1, 0.15) is 6.21 Å². The largest absolute Gasteiger partial charge is 0.284 e. The molecule has 0 aliphatic carbocycles. The van der Waals surface area contributed by atoms with Crippen molar-refractivity contribution in [1.82, 2.24) is 0 Å². The number of aliphatic imine (C=N–C) groups is 2. The lowest BCUT2D eigenvalue weighted by atomic mass is 10.2. The van der Waals surface area contributed by atoms with Gasteiger partial charge in [0.05, 0.1) is 12.1 Å². The fourth-order valence-electron chi connectivity index (χ4n) is 1.06. The van der Waals surface area contributed by atoms with Gasteiger partial charge >= 0.3 is 0 Å². The van der Waals surface area contributed by atoms with Crippen molar-refractivity contribution in [1.29, 1.82) is 0 Å². The van der Waals surface area contributed by atoms with Crippen molar-refractivity contribution in [2.24, 2.45) is 9.98 Å². The highest BCUT2D eigenvalue weighted by atomic mass is 32.2. The smallest absolute Gasteiger partial charge is 0.102 e. The normalized spacial score (nSPS) is 39.1. The third-order valence-corrected chi connectivity index (χ3v) is 2.74. The number of rotatable bonds is 0. The molecule has 0 aromatic carbocycles. The van der Waals surface area contributed by atoms with Crippen LogP contribution in [-0.2, 0) is 0 Å². The lowest BCUT2D eigenvalue weighted by molar-refractivity contribution is 0.646. The standard InChI is InChI=1S/C6H7N2S/c1-2-8-6-4-9-3-5(6)7-1/h1,5-6H,3-4H2. The second-order valence-electron chi connectivity index (χ2n) is 2.21. The number of nitrogens with zero attached hydrogens (tertiary/aromatic N) is 2. The van der Waals surface area contributed by atoms with Crippen molar-refractivity contribution < 1.29 is 0 Å². The molecule has 2 atom stereocenters. The Kier molecular flexibility index (Phi) is 1.30. The Morgan fingerprint density at radius 2 is 2.33 bits per heavy atom. The van der Waals surface area contributed by atoms with E-state index in [-0.39, 0.29) is 0 Å². The van der Waals surface area contributed by atoms with Crippen LogP contribution in [0.25, 0.3) is 0 Å². The van der Waals surface area contributed by atoms with Gasteiger partial charge in [0.15, 0.2) is 0 Å². The summed E-state index contributed by atoms with van der Waals surface area (Å²) in [6, 6.07) is 0.913. The van der Waals surface area contributed by atoms with Gasteiger partial charge in [0, 0.05) is 17.7 Å². The molecule has 0 aromatic rings. The first kappa shape index (κ1) is 5.47. The van der Waals surface area contributed by atoms with Gasteiger partial charge in [-0.25, -0.2) is 0 Å². The van der Waals surface area contributed by atoms with Crippen LogP contribution >= 0.6 is 11.8 Å². The van der Waals surface area contributed by atoms with Gasteiger partial charge in [-0.3, -0.25) is 9.98 Å². The van der Waals surface area contributed by atoms with Crippen LogP contribution in [0.1, 0.15) is 0 Å². The molecular weight excluding hydrogens is 132 g/mol. The number of hydrogen-bond donors (Lipinski definition) is 0. The van der Waals surface area contributed by atoms with E-state index in [1.54, 1.807) is 6.21 Å². The maximum absolute atomic E-state index is 4.24. The fourth-order valence-corrected chi connectivity index (χ4v) is 2.28. The van der Waals surface area contributed by atoms with Gasteiger partial charge in [0.25, 0.3) is 0 Å². The number of fused-ring (bicyclic) bond motifs is 1. The minimum atomic E-state index is 0.444. The minimum Gasteiger partial charge on any atom is -0.284 e. The van der Waals surface area contributed by atoms with Crippen LogP contribution in [0.2, 0.25) is 0 Å². The minimum absolute atomic E-state index is 0.444. The first-order valence-corrected chi connectivity index (χ1v) is 4.17. The Bertz CT molecular complexity index is 146. The highest BCUT2D eigenvalue weighted by Crippen LogP contribution is 2.24. The molecule has 2 heterocycles. The van der Waals surface area contributed by atoms with E-state index in [4.69, 9.17) is 0 Å². The van der Waals surface area contributed by atoms with Crippen LogP contribution in [0.5, 0.6) is 0 Å². The van der Waals surface area contributed by atoms with Gasteiger partial charge in [-0.15, -0.1) is 0 Å². The van der Waals surface area contributed by atoms with Crippen LogP contribution in [-0.4, -0.2) is 36.0 Å². The topological polar surface area (TPSA) is 24.7 Å². The molecule has 2 aliphatic heterocycles. The second-order valence-corrected chi connectivity index (χ2v) is 3.28. The molecule has 0 amide bonds. The molecule has 0 saturated carbocycles. The van der Waals surface area contributed by atoms with E-state index in [2.05, 4.69) is 16.2 Å². The summed E-state index contributed by atoms with van der Waals surface area (Å²) in [7, 11) is 0. The number of hydrogen-bond acceptors (Lipinski definition) is 3. The zero-order valence-electron chi connectivity index (χ0n) is 4.95. The molecule has 2 aliphatic rings. The summed E-state index contributed by atoms with van der Waals surface area (Å²) >= 11 is 1.93. The first-order chi connectivity index (χ1) is 4.47. The molecule has 2 rings (SSSR count). The predicted molar refractivity (Wildman–Crippen MR) is 40.8 cm³/mol. The van der Waals surface area contributed by atoms with Crippen molar-refractivity contribution in [3.05, 3.63) is 0 Å². The molecule has 47 valence electrons. The zero-order chi connectivity index (χ0) is 6.10. The maximum atomic E-state index is 4.24. The van der Waals surface area contributed by atoms with Gasteiger partial charge in [0.2, 0.25) is 0 Å². The van der Waals surface area contributed by atoms with E-state index >= 15 is 0 Å². The Morgan fingerprint density at radius 3 is 3.22 bits per heavy atom. The molecule has 1 saturated heterocycles. The molecule has 0 spiro atoms. The predicted octanol–water partition coefficient (Wildman–Crippen LogP) is 0.503. The molecule has 0 N–H and O–H groups in total. The van der Waals surface area contributed by atoms with Crippen molar-refractivity contribution >= 4 is 24.2 Å². The lowest BCUT2D eigenvalue weighted by Crippen LogP contribution is -2.23. The molecule has 3 heteroatoms. The maximum Gasteiger partial charge on any atom is 0.102 e. The van der Waals surface area contributed by atoms with Gasteiger partial charge in [-0.05, 0) is 0 Å². The molecule has 9 heavy (non-hydrogen) atoms. The van der Waals surface area contributed by atoms with Crippen LogP contribution in [0.4, 0.5) is 0 Å². The monoisotopic (exact) mass is 139 g/mol. The third kappa shape index (κ3) is 0.894. The summed E-state index contributed by atoms with van der Waals surface area (Å²) in [5.74, 6) is 2.28. The Labute approximate surface area is 58.5 Å². The Hall–Kier alpha value is -0.310. The highest BCUT2D eigenvalue weighted by molar-refractivity contribution is 7.99. The van der Waals surface area contributed by atoms with Crippen molar-refractivity contribution in [2.75, 3.05) is 11.5 Å². The van der Waals surface area contributed by atoms with Crippen molar-refractivity contribution in [2.45, 2.75) is 12.1 Å². The van der Waals surface area contributed by atoms with Crippen LogP contribution in [0.15, 0.2) is 9.98 Å². The summed E-state index contributed by atoms with van der Waals surface area (Å²) in [5, 5.41) is 0. The molecule has 2 unspecified atom stereocenters. The summed E-state index contributed by atoms with van der Waals surface area (Å²) < 4.78 is 0. The van der Waals surface area contributed by atoms with E-state index in [1.807, 2.05) is 11.8 Å². The average molecular weight is 139 g/mol. The first-order valence-electron chi connectivity index (χ1n) is 3.01. The fraction of sp³-hybridized carbons (Fsp3) is 0.667. The van der Waals surface area contributed by atoms with Crippen LogP contribution < -0.4 is 0 Å². The molecule has 0 aromatic heterocycles. The molecule has 1 fully saturated rings. The Balaban J connectivity index is 2.18. The third-order valence-electron chi connectivity index (χ3n) is 1.59. The van der Waals surface area contributed by atoms with E-state index < -0.39 is 0 Å². The second kappa shape index (κ2) is 2.14. The van der Waals surface area contributed by atoms with Crippen LogP contribution in [0.3, 0.4) is 0 Å². The van der Waals surface area contributed by atoms with E-state index in [0.717, 1.165) is 11.5 Å². The van der Waals surface area contributed by atoms with Gasteiger partial charge in [-0.1, -0.05) is 0 Å².